The van der Waals surface area contributed by atoms with Crippen molar-refractivity contribution in [2.45, 2.75) is 32.6 Å². The molecule has 2 heterocycles. The van der Waals surface area contributed by atoms with Gasteiger partial charge in [-0.15, -0.1) is 11.3 Å². The fraction of sp³-hybridized carbons (Fsp3) is 0.231. The third-order valence-corrected chi connectivity index (χ3v) is 7.05. The lowest BCUT2D eigenvalue weighted by atomic mass is 9.70. The molecule has 0 fully saturated rings. The van der Waals surface area contributed by atoms with Crippen molar-refractivity contribution in [3.8, 4) is 11.3 Å². The predicted octanol–water partition coefficient (Wildman–Crippen LogP) is 5.80. The number of aromatic nitrogens is 1. The van der Waals surface area contributed by atoms with E-state index in [0.29, 0.717) is 40.3 Å². The SMILES string of the molecule is CC1(C)CC(=O)C2=C(C1)OC(N)=C(c1nc(-c3ccccc3)cs1)[C@@H]2c1cccc([N+](=O)[O-])c1. The molecule has 1 aliphatic heterocycles. The second-order valence-corrected chi connectivity index (χ2v) is 10.2. The van der Waals surface area contributed by atoms with E-state index in [2.05, 4.69) is 0 Å². The van der Waals surface area contributed by atoms with Crippen LogP contribution in [0.15, 0.2) is 77.2 Å². The number of hydrogen-bond acceptors (Lipinski definition) is 7. The number of nitro benzene ring substituents is 1. The summed E-state index contributed by atoms with van der Waals surface area (Å²) in [6.45, 7) is 4.03. The summed E-state index contributed by atoms with van der Waals surface area (Å²) in [5.41, 5.74) is 9.61. The van der Waals surface area contributed by atoms with Crippen LogP contribution in [-0.4, -0.2) is 15.7 Å². The molecule has 1 aromatic heterocycles. The second-order valence-electron chi connectivity index (χ2n) is 9.35. The summed E-state index contributed by atoms with van der Waals surface area (Å²) < 4.78 is 6.06. The van der Waals surface area contributed by atoms with Crippen molar-refractivity contribution in [2.75, 3.05) is 0 Å². The fourth-order valence-electron chi connectivity index (χ4n) is 4.68. The van der Waals surface area contributed by atoms with Crippen LogP contribution in [0, 0.1) is 15.5 Å². The lowest BCUT2D eigenvalue weighted by Crippen LogP contribution is -2.33. The summed E-state index contributed by atoms with van der Waals surface area (Å²) >= 11 is 1.41. The molecule has 8 heteroatoms. The number of ether oxygens (including phenoxy) is 1. The van der Waals surface area contributed by atoms with Crippen molar-refractivity contribution in [1.29, 1.82) is 0 Å². The minimum Gasteiger partial charge on any atom is -0.445 e. The van der Waals surface area contributed by atoms with E-state index in [1.807, 2.05) is 49.6 Å². The van der Waals surface area contributed by atoms with E-state index in [4.69, 9.17) is 15.5 Å². The summed E-state index contributed by atoms with van der Waals surface area (Å²) in [5, 5.41) is 14.1. The maximum Gasteiger partial charge on any atom is 0.269 e. The van der Waals surface area contributed by atoms with Gasteiger partial charge in [-0.2, -0.15) is 0 Å². The number of non-ortho nitro benzene ring substituents is 1. The maximum absolute atomic E-state index is 13.4. The van der Waals surface area contributed by atoms with Gasteiger partial charge < -0.3 is 10.5 Å². The Bertz CT molecular complexity index is 1370. The van der Waals surface area contributed by atoms with Crippen LogP contribution in [-0.2, 0) is 9.53 Å². The monoisotopic (exact) mass is 473 g/mol. The lowest BCUT2D eigenvalue weighted by molar-refractivity contribution is -0.384. The van der Waals surface area contributed by atoms with E-state index < -0.39 is 10.8 Å². The number of nitro groups is 1. The molecule has 7 nitrogen and oxygen atoms in total. The topological polar surface area (TPSA) is 108 Å². The van der Waals surface area contributed by atoms with Gasteiger partial charge in [0.25, 0.3) is 5.69 Å². The highest BCUT2D eigenvalue weighted by Gasteiger charge is 2.44. The van der Waals surface area contributed by atoms with Crippen molar-refractivity contribution < 1.29 is 14.5 Å². The zero-order valence-electron chi connectivity index (χ0n) is 18.8. The molecule has 2 aromatic carbocycles. The van der Waals surface area contributed by atoms with Gasteiger partial charge in [0.2, 0.25) is 0 Å². The number of ketones is 1. The number of benzene rings is 2. The highest BCUT2D eigenvalue weighted by Crippen LogP contribution is 2.51. The van der Waals surface area contributed by atoms with Gasteiger partial charge in [-0.05, 0) is 11.0 Å². The quantitative estimate of drug-likeness (QED) is 0.379. The highest BCUT2D eigenvalue weighted by molar-refractivity contribution is 7.11. The van der Waals surface area contributed by atoms with Gasteiger partial charge in [-0.25, -0.2) is 4.98 Å². The normalized spacial score (nSPS) is 19.6. The summed E-state index contributed by atoms with van der Waals surface area (Å²) in [6, 6.07) is 16.1. The van der Waals surface area contributed by atoms with Crippen molar-refractivity contribution in [2.24, 2.45) is 11.1 Å². The first-order chi connectivity index (χ1) is 16.2. The number of carbonyl (C=O) groups excluding carboxylic acids is 1. The largest absolute Gasteiger partial charge is 0.445 e. The van der Waals surface area contributed by atoms with Crippen LogP contribution in [0.4, 0.5) is 5.69 Å². The maximum atomic E-state index is 13.4. The van der Waals surface area contributed by atoms with E-state index in [0.717, 1.165) is 11.3 Å². The van der Waals surface area contributed by atoms with E-state index in [-0.39, 0.29) is 22.8 Å². The minimum atomic E-state index is -0.595. The Balaban J connectivity index is 1.68. The van der Waals surface area contributed by atoms with Crippen LogP contribution >= 0.6 is 11.3 Å². The second kappa shape index (κ2) is 8.22. The number of carbonyl (C=O) groups is 1. The van der Waals surface area contributed by atoms with Crippen molar-refractivity contribution in [3.05, 3.63) is 97.9 Å². The van der Waals surface area contributed by atoms with E-state index in [1.165, 1.54) is 23.5 Å². The van der Waals surface area contributed by atoms with Gasteiger partial charge in [0.1, 0.15) is 10.8 Å². The minimum absolute atomic E-state index is 0.0346. The molecular weight excluding hydrogens is 450 g/mol. The van der Waals surface area contributed by atoms with Crippen LogP contribution < -0.4 is 5.73 Å². The van der Waals surface area contributed by atoms with Gasteiger partial charge >= 0.3 is 0 Å². The van der Waals surface area contributed by atoms with Gasteiger partial charge in [0.05, 0.1) is 16.2 Å². The Labute approximate surface area is 200 Å². The van der Waals surface area contributed by atoms with Crippen molar-refractivity contribution in [3.63, 3.8) is 0 Å². The van der Waals surface area contributed by atoms with Crippen molar-refractivity contribution in [1.82, 2.24) is 4.98 Å². The smallest absolute Gasteiger partial charge is 0.269 e. The Morgan fingerprint density at radius 2 is 1.88 bits per heavy atom. The molecule has 2 N–H and O–H groups in total. The number of allylic oxidation sites excluding steroid dienone is 3. The molecule has 0 amide bonds. The Hall–Kier alpha value is -3.78. The first kappa shape index (κ1) is 22.0. The Morgan fingerprint density at radius 3 is 2.62 bits per heavy atom. The third kappa shape index (κ3) is 3.90. The average molecular weight is 474 g/mol. The lowest BCUT2D eigenvalue weighted by Gasteiger charge is -2.38. The van der Waals surface area contributed by atoms with Crippen LogP contribution in [0.1, 0.15) is 43.2 Å². The molecule has 0 spiro atoms. The highest BCUT2D eigenvalue weighted by atomic mass is 32.1. The van der Waals surface area contributed by atoms with Crippen LogP contribution in [0.2, 0.25) is 0 Å². The Morgan fingerprint density at radius 1 is 1.12 bits per heavy atom. The number of Topliss-reactive ketones (excluding diaryl/α,β-unsaturated/α-hetero) is 1. The van der Waals surface area contributed by atoms with E-state index >= 15 is 0 Å². The summed E-state index contributed by atoms with van der Waals surface area (Å²) in [7, 11) is 0. The summed E-state index contributed by atoms with van der Waals surface area (Å²) in [4.78, 5) is 29.3. The average Bonchev–Trinajstić information content (AvgIpc) is 3.27. The first-order valence-electron chi connectivity index (χ1n) is 10.9. The molecule has 2 aliphatic rings. The van der Waals surface area contributed by atoms with Gasteiger partial charge in [-0.1, -0.05) is 56.3 Å². The zero-order valence-corrected chi connectivity index (χ0v) is 19.6. The number of rotatable bonds is 4. The molecule has 0 bridgehead atoms. The molecule has 0 radical (unpaired) electrons. The molecule has 3 aromatic rings. The van der Waals surface area contributed by atoms with Gasteiger partial charge in [0, 0.05) is 47.4 Å². The van der Waals surface area contributed by atoms with Gasteiger partial charge in [-0.3, -0.25) is 14.9 Å². The molecule has 1 aliphatic carbocycles. The number of thiazole rings is 1. The molecule has 1 atom stereocenters. The zero-order chi connectivity index (χ0) is 24.0. The predicted molar refractivity (Wildman–Crippen MR) is 131 cm³/mol. The van der Waals surface area contributed by atoms with Crippen LogP contribution in [0.25, 0.3) is 16.8 Å². The van der Waals surface area contributed by atoms with E-state index in [9.17, 15) is 14.9 Å². The standard InChI is InChI=1S/C26H23N3O4S/c1-26(2)12-19(30)22-20(13-26)33-24(27)23(21(22)16-9-6-10-17(11-16)29(31)32)25-28-18(14-34-25)15-7-4-3-5-8-15/h3-11,14,21H,12-13,27H2,1-2H3/t21-/m1/s1. The molecule has 5 rings (SSSR count). The number of hydrogen-bond donors (Lipinski definition) is 1. The van der Waals surface area contributed by atoms with Crippen molar-refractivity contribution >= 4 is 28.4 Å². The van der Waals surface area contributed by atoms with Crippen LogP contribution in [0.3, 0.4) is 0 Å². The number of nitrogens with zero attached hydrogens (tertiary/aromatic N) is 2. The summed E-state index contributed by atoms with van der Waals surface area (Å²) in [5.74, 6) is 0.0863. The molecular formula is C26H23N3O4S. The molecule has 34 heavy (non-hydrogen) atoms. The Kier molecular flexibility index (Phi) is 5.32. The molecule has 0 saturated carbocycles. The van der Waals surface area contributed by atoms with Crippen LogP contribution in [0.5, 0.6) is 0 Å². The number of nitrogens with two attached hydrogens (primary N) is 1. The molecule has 0 unspecified atom stereocenters. The first-order valence-corrected chi connectivity index (χ1v) is 11.8. The molecule has 0 saturated heterocycles. The molecule has 172 valence electrons. The summed E-state index contributed by atoms with van der Waals surface area (Å²) in [6.07, 6.45) is 0.918. The van der Waals surface area contributed by atoms with E-state index in [1.54, 1.807) is 12.1 Å². The van der Waals surface area contributed by atoms with Gasteiger partial charge in [0.15, 0.2) is 11.7 Å². The third-order valence-electron chi connectivity index (χ3n) is 6.17. The fourth-order valence-corrected chi connectivity index (χ4v) is 5.59.